The average molecular weight is 406 g/mol. The van der Waals surface area contributed by atoms with Gasteiger partial charge in [0.05, 0.1) is 21.5 Å². The number of hydrogen-bond donors (Lipinski definition) is 1. The van der Waals surface area contributed by atoms with Gasteiger partial charge in [-0.15, -0.1) is 0 Å². The van der Waals surface area contributed by atoms with E-state index in [1.54, 1.807) is 25.1 Å². The molecule has 2 aromatic carbocycles. The smallest absolute Gasteiger partial charge is 0.243 e. The van der Waals surface area contributed by atoms with Crippen molar-refractivity contribution >= 4 is 38.9 Å². The molecule has 142 valence electrons. The zero-order chi connectivity index (χ0) is 19.2. The van der Waals surface area contributed by atoms with Crippen LogP contribution >= 0.6 is 11.6 Å². The quantitative estimate of drug-likeness (QED) is 0.852. The van der Waals surface area contributed by atoms with Crippen molar-refractivity contribution in [2.45, 2.75) is 17.7 Å². The predicted molar refractivity (Wildman–Crippen MR) is 106 cm³/mol. The minimum Gasteiger partial charge on any atom is -0.368 e. The maximum absolute atomic E-state index is 13.1. The van der Waals surface area contributed by atoms with Crippen molar-refractivity contribution in [1.82, 2.24) is 4.31 Å². The van der Waals surface area contributed by atoms with Gasteiger partial charge in [0.25, 0.3) is 0 Å². The summed E-state index contributed by atoms with van der Waals surface area (Å²) in [5, 5.41) is 3.43. The lowest BCUT2D eigenvalue weighted by Gasteiger charge is -2.35. The third kappa shape index (κ3) is 3.20. The zero-order valence-electron chi connectivity index (χ0n) is 14.9. The molecule has 2 aliphatic heterocycles. The Hall–Kier alpha value is -2.09. The first-order valence-electron chi connectivity index (χ1n) is 8.82. The molecule has 0 radical (unpaired) electrons. The van der Waals surface area contributed by atoms with E-state index >= 15 is 0 Å². The maximum Gasteiger partial charge on any atom is 0.243 e. The first-order valence-corrected chi connectivity index (χ1v) is 10.6. The number of nitrogens with zero attached hydrogens (tertiary/aromatic N) is 2. The Morgan fingerprint density at radius 1 is 1.07 bits per heavy atom. The summed E-state index contributed by atoms with van der Waals surface area (Å²) in [5.74, 6) is -0.444. The van der Waals surface area contributed by atoms with Crippen LogP contribution in [0.5, 0.6) is 0 Å². The number of hydrogen-bond acceptors (Lipinski definition) is 4. The molecule has 1 atom stereocenters. The van der Waals surface area contributed by atoms with Gasteiger partial charge in [0.2, 0.25) is 15.9 Å². The molecule has 1 fully saturated rings. The number of halogens is 1. The van der Waals surface area contributed by atoms with Crippen LogP contribution in [0.3, 0.4) is 0 Å². The van der Waals surface area contributed by atoms with Crippen LogP contribution in [-0.2, 0) is 14.8 Å². The van der Waals surface area contributed by atoms with Crippen molar-refractivity contribution in [1.29, 1.82) is 0 Å². The number of para-hydroxylation sites is 1. The van der Waals surface area contributed by atoms with Crippen LogP contribution in [0.25, 0.3) is 0 Å². The number of carbonyl (C=O) groups excluding carboxylic acids is 1. The van der Waals surface area contributed by atoms with Gasteiger partial charge in [-0.3, -0.25) is 4.79 Å². The van der Waals surface area contributed by atoms with Crippen molar-refractivity contribution in [2.75, 3.05) is 36.4 Å². The van der Waals surface area contributed by atoms with Gasteiger partial charge in [-0.05, 0) is 42.8 Å². The van der Waals surface area contributed by atoms with Crippen LogP contribution in [0.15, 0.2) is 47.4 Å². The van der Waals surface area contributed by atoms with E-state index in [1.165, 1.54) is 4.31 Å². The van der Waals surface area contributed by atoms with Gasteiger partial charge in [-0.2, -0.15) is 4.31 Å². The molecule has 0 aliphatic carbocycles. The molecule has 0 unspecified atom stereocenters. The van der Waals surface area contributed by atoms with Crippen LogP contribution in [0.2, 0.25) is 5.02 Å². The number of nitrogens with one attached hydrogen (secondary N) is 1. The second kappa shape index (κ2) is 6.82. The molecule has 27 heavy (non-hydrogen) atoms. The SMILES string of the molecule is C[C@H]1C(=O)Nc2ccc(S(=O)(=O)N3CCN(c4ccccc4Cl)CC3)cc21. The fraction of sp³-hybridized carbons (Fsp3) is 0.316. The topological polar surface area (TPSA) is 69.7 Å². The summed E-state index contributed by atoms with van der Waals surface area (Å²) in [6.07, 6.45) is 0. The number of sulfonamides is 1. The monoisotopic (exact) mass is 405 g/mol. The summed E-state index contributed by atoms with van der Waals surface area (Å²) in [6.45, 7) is 3.70. The van der Waals surface area contributed by atoms with Gasteiger partial charge in [0.1, 0.15) is 0 Å². The number of benzene rings is 2. The van der Waals surface area contributed by atoms with Crippen LogP contribution in [-0.4, -0.2) is 44.8 Å². The normalized spacial score (nSPS) is 20.4. The van der Waals surface area contributed by atoms with Crippen molar-refractivity contribution < 1.29 is 13.2 Å². The summed E-state index contributed by atoms with van der Waals surface area (Å²) >= 11 is 6.25. The van der Waals surface area contributed by atoms with Gasteiger partial charge >= 0.3 is 0 Å². The molecule has 2 heterocycles. The van der Waals surface area contributed by atoms with Crippen molar-refractivity contribution in [3.8, 4) is 0 Å². The first kappa shape index (κ1) is 18.3. The Bertz CT molecular complexity index is 1000. The highest BCUT2D eigenvalue weighted by Crippen LogP contribution is 2.35. The zero-order valence-corrected chi connectivity index (χ0v) is 16.4. The molecule has 1 amide bonds. The molecule has 1 saturated heterocycles. The van der Waals surface area contributed by atoms with Crippen LogP contribution < -0.4 is 10.2 Å². The molecule has 1 N–H and O–H groups in total. The molecule has 6 nitrogen and oxygen atoms in total. The second-order valence-corrected chi connectivity index (χ2v) is 9.15. The van der Waals surface area contributed by atoms with Crippen molar-refractivity contribution in [3.05, 3.63) is 53.1 Å². The van der Waals surface area contributed by atoms with Gasteiger partial charge in [-0.25, -0.2) is 8.42 Å². The Morgan fingerprint density at radius 2 is 1.78 bits per heavy atom. The van der Waals surface area contributed by atoms with Crippen molar-refractivity contribution in [3.63, 3.8) is 0 Å². The summed E-state index contributed by atoms with van der Waals surface area (Å²) in [7, 11) is -3.61. The standard InChI is InChI=1S/C19H20ClN3O3S/c1-13-15-12-14(6-7-17(15)21-19(13)24)27(25,26)23-10-8-22(9-11-23)18-5-3-2-4-16(18)20/h2-7,12-13H,8-11H2,1H3,(H,21,24)/t13-/m1/s1. The largest absolute Gasteiger partial charge is 0.368 e. The molecule has 0 saturated carbocycles. The fourth-order valence-corrected chi connectivity index (χ4v) is 5.30. The number of anilines is 2. The van der Waals surface area contributed by atoms with E-state index in [1.807, 2.05) is 24.3 Å². The number of piperazine rings is 1. The number of carbonyl (C=O) groups is 1. The highest BCUT2D eigenvalue weighted by molar-refractivity contribution is 7.89. The van der Waals surface area contributed by atoms with Crippen LogP contribution in [0, 0.1) is 0 Å². The molecule has 2 aromatic rings. The van der Waals surface area contributed by atoms with Gasteiger partial charge in [0.15, 0.2) is 0 Å². The number of rotatable bonds is 3. The number of fused-ring (bicyclic) bond motifs is 1. The van der Waals surface area contributed by atoms with E-state index in [2.05, 4.69) is 10.2 Å². The van der Waals surface area contributed by atoms with E-state index in [9.17, 15) is 13.2 Å². The van der Waals surface area contributed by atoms with Gasteiger partial charge < -0.3 is 10.2 Å². The Balaban J connectivity index is 1.53. The highest BCUT2D eigenvalue weighted by atomic mass is 35.5. The third-order valence-electron chi connectivity index (χ3n) is 5.21. The maximum atomic E-state index is 13.1. The molecular weight excluding hydrogens is 386 g/mol. The Morgan fingerprint density at radius 3 is 2.48 bits per heavy atom. The Labute approximate surface area is 163 Å². The lowest BCUT2D eigenvalue weighted by atomic mass is 10.0. The summed E-state index contributed by atoms with van der Waals surface area (Å²) in [4.78, 5) is 14.1. The van der Waals surface area contributed by atoms with E-state index in [4.69, 9.17) is 11.6 Å². The molecule has 2 aliphatic rings. The van der Waals surface area contributed by atoms with Crippen LogP contribution in [0.1, 0.15) is 18.4 Å². The fourth-order valence-electron chi connectivity index (χ4n) is 3.58. The minimum atomic E-state index is -3.61. The first-order chi connectivity index (χ1) is 12.9. The van der Waals surface area contributed by atoms with E-state index in [0.29, 0.717) is 36.9 Å². The summed E-state index contributed by atoms with van der Waals surface area (Å²) < 4.78 is 27.6. The summed E-state index contributed by atoms with van der Waals surface area (Å²) in [5.41, 5.74) is 2.35. The molecular formula is C19H20ClN3O3S. The molecule has 0 aromatic heterocycles. The number of amides is 1. The van der Waals surface area contributed by atoms with Crippen LogP contribution in [0.4, 0.5) is 11.4 Å². The van der Waals surface area contributed by atoms with E-state index in [-0.39, 0.29) is 16.7 Å². The lowest BCUT2D eigenvalue weighted by molar-refractivity contribution is -0.116. The summed E-state index contributed by atoms with van der Waals surface area (Å²) in [6, 6.07) is 12.4. The Kier molecular flexibility index (Phi) is 4.61. The molecule has 4 rings (SSSR count). The second-order valence-electron chi connectivity index (χ2n) is 6.80. The third-order valence-corrected chi connectivity index (χ3v) is 7.42. The predicted octanol–water partition coefficient (Wildman–Crippen LogP) is 2.91. The van der Waals surface area contributed by atoms with Gasteiger partial charge in [-0.1, -0.05) is 23.7 Å². The lowest BCUT2D eigenvalue weighted by Crippen LogP contribution is -2.48. The van der Waals surface area contributed by atoms with Crippen molar-refractivity contribution in [2.24, 2.45) is 0 Å². The molecule has 8 heteroatoms. The minimum absolute atomic E-state index is 0.104. The average Bonchev–Trinajstić information content (AvgIpc) is 2.96. The molecule has 0 spiro atoms. The van der Waals surface area contributed by atoms with E-state index in [0.717, 1.165) is 11.3 Å². The molecule has 0 bridgehead atoms. The van der Waals surface area contributed by atoms with E-state index < -0.39 is 10.0 Å². The van der Waals surface area contributed by atoms with Gasteiger partial charge in [0, 0.05) is 31.9 Å². The highest BCUT2D eigenvalue weighted by Gasteiger charge is 2.32.